The quantitative estimate of drug-likeness (QED) is 0.0899. The van der Waals surface area contributed by atoms with E-state index in [-0.39, 0.29) is 100 Å². The van der Waals surface area contributed by atoms with Crippen molar-refractivity contribution in [2.24, 2.45) is 5.92 Å². The molecule has 2 aromatic carbocycles. The fourth-order valence-electron chi connectivity index (χ4n) is 5.02. The van der Waals surface area contributed by atoms with Crippen molar-refractivity contribution in [3.05, 3.63) is 102 Å². The van der Waals surface area contributed by atoms with Crippen LogP contribution in [0.3, 0.4) is 0 Å². The van der Waals surface area contributed by atoms with Gasteiger partial charge in [-0.1, -0.05) is 38.1 Å². The topological polar surface area (TPSA) is 285 Å². The Morgan fingerprint density at radius 1 is 0.846 bits per heavy atom. The van der Waals surface area contributed by atoms with Gasteiger partial charge >= 0.3 is 47.5 Å². The number of amides is 2. The largest absolute Gasteiger partial charge is 1.00 e. The Kier molecular flexibility index (Phi) is 19.9. The summed E-state index contributed by atoms with van der Waals surface area (Å²) in [4.78, 5) is 79.5. The van der Waals surface area contributed by atoms with Crippen molar-refractivity contribution in [3.63, 3.8) is 0 Å². The number of hydrogen-bond donors (Lipinski definition) is 4. The fourth-order valence-corrected chi connectivity index (χ4v) is 5.02. The second kappa shape index (κ2) is 22.0. The van der Waals surface area contributed by atoms with Crippen LogP contribution < -0.4 is 40.2 Å². The minimum absolute atomic E-state index is 0. The Morgan fingerprint density at radius 3 is 1.63 bits per heavy atom. The van der Waals surface area contributed by atoms with E-state index < -0.39 is 46.4 Å². The zero-order chi connectivity index (χ0) is 37.7. The number of aliphatic carboxylic acids is 1. The third kappa shape index (κ3) is 13.3. The van der Waals surface area contributed by atoms with Crippen LogP contribution in [-0.4, -0.2) is 68.7 Å². The zero-order valence-corrected chi connectivity index (χ0v) is 31.4. The fraction of sp³-hybridized carbons (Fsp3) is 0.364. The first kappa shape index (κ1) is 47.0. The number of carboxylic acid groups (broad SMARTS) is 1. The van der Waals surface area contributed by atoms with E-state index in [9.17, 15) is 49.3 Å². The van der Waals surface area contributed by atoms with Gasteiger partial charge in [-0.15, -0.1) is 0 Å². The second-order valence-electron chi connectivity index (χ2n) is 11.2. The van der Waals surface area contributed by atoms with E-state index in [1.54, 1.807) is 32.9 Å². The minimum Gasteiger partial charge on any atom is -0.870 e. The van der Waals surface area contributed by atoms with E-state index in [1.807, 2.05) is 0 Å². The van der Waals surface area contributed by atoms with Gasteiger partial charge in [0.05, 0.1) is 26.9 Å². The molecule has 2 aliphatic heterocycles. The number of aliphatic hydroxyl groups is 1. The average Bonchev–Trinajstić information content (AvgIpc) is 3.04. The normalized spacial score (nSPS) is 16.2. The molecule has 2 amide bonds. The number of allylic oxidation sites excluding steroid dienone is 2. The number of nitro benzene ring substituents is 2. The number of carbonyl (C=O) groups is 5. The third-order valence-corrected chi connectivity index (χ3v) is 7.22. The summed E-state index contributed by atoms with van der Waals surface area (Å²) in [6, 6.07) is 11.4. The molecule has 0 radical (unpaired) electrons. The van der Waals surface area contributed by atoms with Crippen molar-refractivity contribution in [1.82, 2.24) is 10.6 Å². The minimum atomic E-state index is -1.14. The van der Waals surface area contributed by atoms with E-state index in [2.05, 4.69) is 10.6 Å². The first-order chi connectivity index (χ1) is 23.5. The number of aliphatic hydroxyl groups excluding tert-OH is 1. The van der Waals surface area contributed by atoms with Crippen LogP contribution in [0.5, 0.6) is 0 Å². The van der Waals surface area contributed by atoms with Crippen LogP contribution in [0.2, 0.25) is 0 Å². The van der Waals surface area contributed by atoms with Crippen LogP contribution in [0, 0.1) is 26.1 Å². The molecule has 5 N–H and O–H groups in total. The number of nitrogens with zero attached hydrogens (tertiary/aromatic N) is 2. The predicted molar refractivity (Wildman–Crippen MR) is 177 cm³/mol. The molecule has 0 saturated carbocycles. The van der Waals surface area contributed by atoms with Gasteiger partial charge < -0.3 is 35.8 Å². The Balaban J connectivity index is 0.000000927. The van der Waals surface area contributed by atoms with Gasteiger partial charge in [0.25, 0.3) is 11.4 Å². The number of benzene rings is 2. The molecule has 52 heavy (non-hydrogen) atoms. The maximum absolute atomic E-state index is 12.5. The summed E-state index contributed by atoms with van der Waals surface area (Å²) in [5, 5.41) is 43.7. The number of carboxylic acids is 1. The third-order valence-electron chi connectivity index (χ3n) is 7.22. The molecule has 2 aromatic rings. The number of carbonyl (C=O) groups excluding carboxylic acids is 4. The number of hydrogen-bond acceptors (Lipinski definition) is 13. The summed E-state index contributed by atoms with van der Waals surface area (Å²) in [6.45, 7) is 7.71. The van der Waals surface area contributed by atoms with Crippen molar-refractivity contribution in [2.75, 3.05) is 13.4 Å². The zero-order valence-electron chi connectivity index (χ0n) is 29.4. The molecule has 276 valence electrons. The monoisotopic (exact) mass is 738 g/mol. The Hall–Kier alpha value is -5.01. The van der Waals surface area contributed by atoms with Gasteiger partial charge in [-0.05, 0) is 31.9 Å². The maximum Gasteiger partial charge on any atom is 1.00 e. The molecule has 0 bridgehead atoms. The second-order valence-corrected chi connectivity index (χ2v) is 11.2. The van der Waals surface area contributed by atoms with Crippen LogP contribution in [0.4, 0.5) is 11.4 Å². The summed E-state index contributed by atoms with van der Waals surface area (Å²) in [6.07, 6.45) is -0.102. The molecule has 0 fully saturated rings. The number of ether oxygens (including phenoxy) is 2. The van der Waals surface area contributed by atoms with Gasteiger partial charge in [0.15, 0.2) is 0 Å². The van der Waals surface area contributed by atoms with Crippen LogP contribution in [0.15, 0.2) is 71.1 Å². The summed E-state index contributed by atoms with van der Waals surface area (Å²) in [5.41, 5.74) is 1.41. The van der Waals surface area contributed by atoms with Gasteiger partial charge in [0.1, 0.15) is 0 Å². The van der Waals surface area contributed by atoms with E-state index in [4.69, 9.17) is 14.6 Å². The van der Waals surface area contributed by atoms with Crippen LogP contribution in [0.25, 0.3) is 0 Å². The van der Waals surface area contributed by atoms with Gasteiger partial charge in [0, 0.05) is 66.9 Å². The Labute approximate surface area is 320 Å². The van der Waals surface area contributed by atoms with Crippen LogP contribution in [0.1, 0.15) is 70.4 Å². The van der Waals surface area contributed by atoms with E-state index in [0.717, 1.165) is 0 Å². The van der Waals surface area contributed by atoms with E-state index in [0.29, 0.717) is 16.8 Å². The molecule has 2 heterocycles. The van der Waals surface area contributed by atoms with Crippen molar-refractivity contribution in [3.8, 4) is 0 Å². The molecule has 4 rings (SSSR count). The Bertz CT molecular complexity index is 1720. The Morgan fingerprint density at radius 2 is 1.25 bits per heavy atom. The van der Waals surface area contributed by atoms with Gasteiger partial charge in [-0.25, -0.2) is 9.59 Å². The maximum atomic E-state index is 12.5. The first-order valence-corrected chi connectivity index (χ1v) is 15.2. The van der Waals surface area contributed by atoms with E-state index >= 15 is 0 Å². The summed E-state index contributed by atoms with van der Waals surface area (Å²) in [7, 11) is 0. The van der Waals surface area contributed by atoms with Gasteiger partial charge in [0.2, 0.25) is 18.6 Å². The molecule has 19 heteroatoms. The summed E-state index contributed by atoms with van der Waals surface area (Å²) < 4.78 is 9.84. The SMILES string of the molecule is CC1=C(C(=O)O)C(c2cccc([N+](=O)[O-])c2)CC(=O)N1.CC1=C(C(=O)OCOC(=O)C(C)C)C(c2cccc([N+](=O)[O-])c2)CC(=O)N1.CCO.[Na+].[OH-]. The number of rotatable bonds is 9. The molecular weight excluding hydrogens is 699 g/mol. The van der Waals surface area contributed by atoms with Crippen molar-refractivity contribution >= 4 is 41.1 Å². The molecule has 2 aliphatic rings. The molecule has 0 saturated heterocycles. The van der Waals surface area contributed by atoms with Crippen molar-refractivity contribution < 1.29 is 88.5 Å². The molecule has 0 aliphatic carbocycles. The first-order valence-electron chi connectivity index (χ1n) is 15.2. The van der Waals surface area contributed by atoms with Gasteiger partial charge in [-0.3, -0.25) is 34.6 Å². The molecule has 2 atom stereocenters. The summed E-state index contributed by atoms with van der Waals surface area (Å²) >= 11 is 0. The molecular formula is C33H39N4NaO14. The van der Waals surface area contributed by atoms with Gasteiger partial charge in [-0.2, -0.15) is 0 Å². The predicted octanol–water partition coefficient (Wildman–Crippen LogP) is 0.555. The number of non-ortho nitro benzene ring substituents is 2. The number of nitro groups is 2. The summed E-state index contributed by atoms with van der Waals surface area (Å²) in [5.74, 6) is -4.78. The molecule has 0 spiro atoms. The van der Waals surface area contributed by atoms with E-state index in [1.165, 1.54) is 50.2 Å². The molecule has 2 unspecified atom stereocenters. The van der Waals surface area contributed by atoms with Crippen molar-refractivity contribution in [2.45, 2.75) is 59.3 Å². The molecule has 0 aromatic heterocycles. The van der Waals surface area contributed by atoms with Crippen LogP contribution >= 0.6 is 0 Å². The average molecular weight is 739 g/mol. The van der Waals surface area contributed by atoms with Crippen LogP contribution in [-0.2, 0) is 33.4 Å². The van der Waals surface area contributed by atoms with Crippen molar-refractivity contribution in [1.29, 1.82) is 0 Å². The smallest absolute Gasteiger partial charge is 0.870 e. The standard InChI is InChI=1S/C18H20N2O7.C13H12N2O5.C2H6O.Na.H2O/c1-10(2)17(22)26-9-27-18(23)16-11(3)19-15(21)8-14(16)12-5-4-6-13(7-12)20(24)25;1-7-12(13(17)18)10(6-11(16)14-7)8-3-2-4-9(5-8)15(19)20;1-2-3;;/h4-7,10,14H,8-9H2,1-3H3,(H,19,21);2-5,10H,6H2,1H3,(H,14,16)(H,17,18);3H,2H2,1H3;;1H2/q;;;+1;/p-1. The number of esters is 2. The number of nitrogens with one attached hydrogen (secondary N) is 2. The molecule has 18 nitrogen and oxygen atoms in total.